The standard InChI is InChI=1S/C15H15F3N2O2/c16-15(17,18)12-7-14(22)19-13-4-3-9(6-11(12)13)20-5-1-2-10(20)8-21/h3-4,6-7,10,21H,1-2,5,8H2,(H,19,22)/t10-/m1/s1. The van der Waals surface area contributed by atoms with Gasteiger partial charge in [0, 0.05) is 29.2 Å². The number of pyridine rings is 1. The predicted molar refractivity (Wildman–Crippen MR) is 77.0 cm³/mol. The molecule has 1 atom stereocenters. The molecule has 1 aliphatic heterocycles. The number of fused-ring (bicyclic) bond motifs is 1. The zero-order valence-electron chi connectivity index (χ0n) is 11.7. The number of nitrogens with one attached hydrogen (secondary N) is 1. The predicted octanol–water partition coefficient (Wildman–Crippen LogP) is 2.51. The van der Waals surface area contributed by atoms with E-state index in [0.717, 1.165) is 12.8 Å². The highest BCUT2D eigenvalue weighted by atomic mass is 19.4. The molecule has 3 rings (SSSR count). The van der Waals surface area contributed by atoms with Crippen LogP contribution in [0.2, 0.25) is 0 Å². The molecule has 0 amide bonds. The van der Waals surface area contributed by atoms with Gasteiger partial charge in [-0.1, -0.05) is 0 Å². The fraction of sp³-hybridized carbons (Fsp3) is 0.400. The Labute approximate surface area is 124 Å². The molecule has 7 heteroatoms. The summed E-state index contributed by atoms with van der Waals surface area (Å²) in [7, 11) is 0. The lowest BCUT2D eigenvalue weighted by Crippen LogP contribution is -2.32. The normalized spacial score (nSPS) is 19.1. The summed E-state index contributed by atoms with van der Waals surface area (Å²) in [5.74, 6) is 0. The second kappa shape index (κ2) is 5.31. The quantitative estimate of drug-likeness (QED) is 0.896. The zero-order valence-corrected chi connectivity index (χ0v) is 11.7. The van der Waals surface area contributed by atoms with Crippen molar-refractivity contribution in [3.63, 3.8) is 0 Å². The number of aromatic nitrogens is 1. The number of hydrogen-bond donors (Lipinski definition) is 2. The summed E-state index contributed by atoms with van der Waals surface area (Å²) in [6.45, 7) is 0.664. The monoisotopic (exact) mass is 312 g/mol. The minimum absolute atomic E-state index is 0.0320. The van der Waals surface area contributed by atoms with E-state index in [-0.39, 0.29) is 23.6 Å². The summed E-state index contributed by atoms with van der Waals surface area (Å²) in [6, 6.07) is 5.09. The van der Waals surface area contributed by atoms with E-state index < -0.39 is 17.3 Å². The maximum Gasteiger partial charge on any atom is 0.417 e. The van der Waals surface area contributed by atoms with Crippen LogP contribution in [-0.2, 0) is 6.18 Å². The molecule has 0 radical (unpaired) electrons. The van der Waals surface area contributed by atoms with Gasteiger partial charge >= 0.3 is 6.18 Å². The van der Waals surface area contributed by atoms with Crippen molar-refractivity contribution < 1.29 is 18.3 Å². The molecule has 1 aromatic carbocycles. The van der Waals surface area contributed by atoms with Gasteiger partial charge in [0.1, 0.15) is 0 Å². The first kappa shape index (κ1) is 14.9. The second-order valence-corrected chi connectivity index (χ2v) is 5.45. The summed E-state index contributed by atoms with van der Waals surface area (Å²) in [6.07, 6.45) is -2.89. The van der Waals surface area contributed by atoms with Crippen LogP contribution in [0.25, 0.3) is 10.9 Å². The Bertz CT molecular complexity index is 755. The molecule has 2 N–H and O–H groups in total. The fourth-order valence-corrected chi connectivity index (χ4v) is 3.02. The highest BCUT2D eigenvalue weighted by molar-refractivity contribution is 5.86. The first-order valence-electron chi connectivity index (χ1n) is 7.02. The number of aliphatic hydroxyl groups excluding tert-OH is 1. The maximum atomic E-state index is 13.1. The maximum absolute atomic E-state index is 13.1. The van der Waals surface area contributed by atoms with Crippen LogP contribution in [0.3, 0.4) is 0 Å². The lowest BCUT2D eigenvalue weighted by Gasteiger charge is -2.25. The van der Waals surface area contributed by atoms with E-state index in [9.17, 15) is 23.1 Å². The molecular weight excluding hydrogens is 297 g/mol. The van der Waals surface area contributed by atoms with Crippen molar-refractivity contribution in [2.45, 2.75) is 25.1 Å². The molecular formula is C15H15F3N2O2. The summed E-state index contributed by atoms with van der Waals surface area (Å²) in [5.41, 5.74) is -0.931. The summed E-state index contributed by atoms with van der Waals surface area (Å²) in [4.78, 5) is 15.7. The van der Waals surface area contributed by atoms with Gasteiger partial charge in [-0.05, 0) is 31.0 Å². The van der Waals surface area contributed by atoms with E-state index in [2.05, 4.69) is 4.98 Å². The summed E-state index contributed by atoms with van der Waals surface area (Å²) < 4.78 is 39.4. The summed E-state index contributed by atoms with van der Waals surface area (Å²) in [5, 5.41) is 9.33. The number of H-pyrrole nitrogens is 1. The SMILES string of the molecule is O=c1cc(C(F)(F)F)c2cc(N3CCC[C@@H]3CO)ccc2[nH]1. The molecule has 0 unspecified atom stereocenters. The van der Waals surface area contributed by atoms with Gasteiger partial charge < -0.3 is 15.0 Å². The highest BCUT2D eigenvalue weighted by Gasteiger charge is 2.34. The number of alkyl halides is 3. The van der Waals surface area contributed by atoms with Gasteiger partial charge in [-0.2, -0.15) is 13.2 Å². The molecule has 1 aliphatic rings. The second-order valence-electron chi connectivity index (χ2n) is 5.45. The van der Waals surface area contributed by atoms with Gasteiger partial charge in [0.2, 0.25) is 5.56 Å². The number of rotatable bonds is 2. The number of benzene rings is 1. The molecule has 0 bridgehead atoms. The molecule has 1 aromatic heterocycles. The van der Waals surface area contributed by atoms with E-state index in [1.54, 1.807) is 6.07 Å². The lowest BCUT2D eigenvalue weighted by atomic mass is 10.1. The van der Waals surface area contributed by atoms with Gasteiger partial charge in [0.15, 0.2) is 0 Å². The third-order valence-electron chi connectivity index (χ3n) is 4.05. The van der Waals surface area contributed by atoms with Crippen LogP contribution in [0, 0.1) is 0 Å². The van der Waals surface area contributed by atoms with Gasteiger partial charge in [0.25, 0.3) is 0 Å². The number of aliphatic hydroxyl groups is 1. The van der Waals surface area contributed by atoms with Crippen molar-refractivity contribution in [1.82, 2.24) is 4.98 Å². The third kappa shape index (κ3) is 2.56. The fourth-order valence-electron chi connectivity index (χ4n) is 3.02. The third-order valence-corrected chi connectivity index (χ3v) is 4.05. The first-order valence-corrected chi connectivity index (χ1v) is 7.02. The Hall–Kier alpha value is -2.02. The Kier molecular flexibility index (Phi) is 3.60. The van der Waals surface area contributed by atoms with Crippen molar-refractivity contribution in [2.75, 3.05) is 18.1 Å². The van der Waals surface area contributed by atoms with Crippen LogP contribution in [0.4, 0.5) is 18.9 Å². The van der Waals surface area contributed by atoms with Crippen LogP contribution in [0.1, 0.15) is 18.4 Å². The Morgan fingerprint density at radius 2 is 2.09 bits per heavy atom. The highest BCUT2D eigenvalue weighted by Crippen LogP contribution is 2.35. The molecule has 0 spiro atoms. The van der Waals surface area contributed by atoms with Crippen LogP contribution in [0.15, 0.2) is 29.1 Å². The number of aromatic amines is 1. The molecule has 1 fully saturated rings. The minimum Gasteiger partial charge on any atom is -0.394 e. The Morgan fingerprint density at radius 1 is 1.32 bits per heavy atom. The lowest BCUT2D eigenvalue weighted by molar-refractivity contribution is -0.136. The molecule has 22 heavy (non-hydrogen) atoms. The Morgan fingerprint density at radius 3 is 2.77 bits per heavy atom. The molecule has 2 aromatic rings. The number of hydrogen-bond acceptors (Lipinski definition) is 3. The smallest absolute Gasteiger partial charge is 0.394 e. The van der Waals surface area contributed by atoms with Crippen LogP contribution >= 0.6 is 0 Å². The first-order chi connectivity index (χ1) is 10.4. The number of nitrogens with zero attached hydrogens (tertiary/aromatic N) is 1. The van der Waals surface area contributed by atoms with Gasteiger partial charge in [-0.15, -0.1) is 0 Å². The minimum atomic E-state index is -4.59. The van der Waals surface area contributed by atoms with E-state index in [0.29, 0.717) is 18.3 Å². The van der Waals surface area contributed by atoms with Crippen molar-refractivity contribution in [3.8, 4) is 0 Å². The van der Waals surface area contributed by atoms with Crippen molar-refractivity contribution in [1.29, 1.82) is 0 Å². The number of anilines is 1. The van der Waals surface area contributed by atoms with Crippen LogP contribution in [-0.4, -0.2) is 29.3 Å². The van der Waals surface area contributed by atoms with Crippen LogP contribution < -0.4 is 10.5 Å². The molecule has 118 valence electrons. The van der Waals surface area contributed by atoms with Crippen LogP contribution in [0.5, 0.6) is 0 Å². The number of halogens is 3. The van der Waals surface area contributed by atoms with E-state index in [4.69, 9.17) is 0 Å². The van der Waals surface area contributed by atoms with Crippen molar-refractivity contribution in [3.05, 3.63) is 40.2 Å². The molecule has 4 nitrogen and oxygen atoms in total. The average molecular weight is 312 g/mol. The average Bonchev–Trinajstić information content (AvgIpc) is 2.93. The van der Waals surface area contributed by atoms with Gasteiger partial charge in [-0.3, -0.25) is 4.79 Å². The molecule has 2 heterocycles. The molecule has 0 saturated carbocycles. The van der Waals surface area contributed by atoms with Gasteiger partial charge in [-0.25, -0.2) is 0 Å². The van der Waals surface area contributed by atoms with Gasteiger partial charge in [0.05, 0.1) is 18.2 Å². The Balaban J connectivity index is 2.16. The molecule has 0 aliphatic carbocycles. The zero-order chi connectivity index (χ0) is 15.9. The van der Waals surface area contributed by atoms with Crippen molar-refractivity contribution >= 4 is 16.6 Å². The van der Waals surface area contributed by atoms with E-state index in [1.807, 2.05) is 4.90 Å². The summed E-state index contributed by atoms with van der Waals surface area (Å²) >= 11 is 0. The van der Waals surface area contributed by atoms with Crippen molar-refractivity contribution in [2.24, 2.45) is 0 Å². The van der Waals surface area contributed by atoms with E-state index in [1.165, 1.54) is 12.1 Å². The largest absolute Gasteiger partial charge is 0.417 e. The topological polar surface area (TPSA) is 56.3 Å². The van der Waals surface area contributed by atoms with E-state index >= 15 is 0 Å². The molecule has 1 saturated heterocycles.